The maximum absolute atomic E-state index is 4.38. The molecule has 2 aliphatic rings. The van der Waals surface area contributed by atoms with E-state index in [1.54, 1.807) is 12.7 Å². The van der Waals surface area contributed by atoms with Crippen molar-refractivity contribution in [1.29, 1.82) is 0 Å². The number of hydrogen-bond acceptors (Lipinski definition) is 6. The van der Waals surface area contributed by atoms with Crippen molar-refractivity contribution in [2.75, 3.05) is 22.9 Å². The molecule has 0 saturated carbocycles. The van der Waals surface area contributed by atoms with Crippen molar-refractivity contribution in [2.24, 2.45) is 0 Å². The van der Waals surface area contributed by atoms with Gasteiger partial charge in [-0.1, -0.05) is 6.07 Å². The predicted octanol–water partition coefficient (Wildman–Crippen LogP) is 2.66. The van der Waals surface area contributed by atoms with Crippen LogP contribution in [-0.2, 0) is 12.8 Å². The van der Waals surface area contributed by atoms with Gasteiger partial charge in [-0.2, -0.15) is 0 Å². The minimum absolute atomic E-state index is 0.942. The van der Waals surface area contributed by atoms with Crippen LogP contribution in [0, 0.1) is 0 Å². The summed E-state index contributed by atoms with van der Waals surface area (Å²) in [5, 5.41) is 0. The van der Waals surface area contributed by atoms with E-state index in [4.69, 9.17) is 0 Å². The van der Waals surface area contributed by atoms with Gasteiger partial charge in [0.2, 0.25) is 0 Å². The van der Waals surface area contributed by atoms with Gasteiger partial charge in [0.05, 0.1) is 35.2 Å². The SMILES string of the molecule is c1cc(N2CCc3ncncc32)cc(N2CCc3ncncc32)c1. The molecule has 1 aromatic carbocycles. The van der Waals surface area contributed by atoms with Crippen molar-refractivity contribution >= 4 is 22.7 Å². The molecule has 4 heterocycles. The molecule has 2 aliphatic heterocycles. The highest BCUT2D eigenvalue weighted by atomic mass is 15.2. The van der Waals surface area contributed by atoms with Crippen molar-refractivity contribution < 1.29 is 0 Å². The summed E-state index contributed by atoms with van der Waals surface area (Å²) >= 11 is 0. The van der Waals surface area contributed by atoms with Crippen LogP contribution in [-0.4, -0.2) is 33.0 Å². The molecule has 0 aliphatic carbocycles. The lowest BCUT2D eigenvalue weighted by Crippen LogP contribution is -2.16. The number of rotatable bonds is 2. The number of aromatic nitrogens is 4. The average Bonchev–Trinajstić information content (AvgIpc) is 3.26. The van der Waals surface area contributed by atoms with Gasteiger partial charge >= 0.3 is 0 Å². The minimum Gasteiger partial charge on any atom is -0.338 e. The fraction of sp³-hybridized carbons (Fsp3) is 0.222. The van der Waals surface area contributed by atoms with E-state index in [2.05, 4.69) is 54.0 Å². The summed E-state index contributed by atoms with van der Waals surface area (Å²) in [4.78, 5) is 21.7. The predicted molar refractivity (Wildman–Crippen MR) is 91.9 cm³/mol. The van der Waals surface area contributed by atoms with Crippen molar-refractivity contribution in [3.8, 4) is 0 Å². The molecule has 6 heteroatoms. The Morgan fingerprint density at radius 3 is 1.83 bits per heavy atom. The molecule has 0 N–H and O–H groups in total. The smallest absolute Gasteiger partial charge is 0.115 e. The summed E-state index contributed by atoms with van der Waals surface area (Å²) in [6, 6.07) is 8.62. The Morgan fingerprint density at radius 1 is 0.750 bits per heavy atom. The molecule has 0 amide bonds. The van der Waals surface area contributed by atoms with Crippen LogP contribution in [0.25, 0.3) is 0 Å². The van der Waals surface area contributed by atoms with E-state index in [1.165, 1.54) is 11.4 Å². The van der Waals surface area contributed by atoms with Crippen LogP contribution < -0.4 is 9.80 Å². The second-order valence-electron chi connectivity index (χ2n) is 6.03. The Labute approximate surface area is 139 Å². The number of hydrogen-bond donors (Lipinski definition) is 0. The summed E-state index contributed by atoms with van der Waals surface area (Å²) in [5.74, 6) is 0. The molecule has 0 atom stereocenters. The maximum Gasteiger partial charge on any atom is 0.115 e. The number of fused-ring (bicyclic) bond motifs is 2. The van der Waals surface area contributed by atoms with Gasteiger partial charge in [0, 0.05) is 37.3 Å². The third kappa shape index (κ3) is 2.03. The van der Waals surface area contributed by atoms with E-state index in [9.17, 15) is 0 Å². The first-order valence-electron chi connectivity index (χ1n) is 8.13. The third-order valence-electron chi connectivity index (χ3n) is 4.72. The average molecular weight is 316 g/mol. The van der Waals surface area contributed by atoms with Gasteiger partial charge in [-0.25, -0.2) is 19.9 Å². The molecule has 0 saturated heterocycles. The molecule has 0 bridgehead atoms. The van der Waals surface area contributed by atoms with Gasteiger partial charge in [0.15, 0.2) is 0 Å². The summed E-state index contributed by atoms with van der Waals surface area (Å²) in [6.07, 6.45) is 8.98. The lowest BCUT2D eigenvalue weighted by Gasteiger charge is -2.23. The molecule has 0 spiro atoms. The van der Waals surface area contributed by atoms with Gasteiger partial charge in [-0.3, -0.25) is 0 Å². The minimum atomic E-state index is 0.942. The summed E-state index contributed by atoms with van der Waals surface area (Å²) in [7, 11) is 0. The summed E-state index contributed by atoms with van der Waals surface area (Å²) in [6.45, 7) is 1.88. The van der Waals surface area contributed by atoms with Gasteiger partial charge in [0.25, 0.3) is 0 Å². The fourth-order valence-electron chi connectivity index (χ4n) is 3.57. The molecule has 0 unspecified atom stereocenters. The Balaban J connectivity index is 1.52. The van der Waals surface area contributed by atoms with Gasteiger partial charge in [0.1, 0.15) is 12.7 Å². The zero-order valence-electron chi connectivity index (χ0n) is 13.1. The Hall–Kier alpha value is -3.02. The lowest BCUT2D eigenvalue weighted by molar-refractivity contribution is 0.966. The molecular weight excluding hydrogens is 300 g/mol. The van der Waals surface area contributed by atoms with E-state index in [1.807, 2.05) is 12.4 Å². The van der Waals surface area contributed by atoms with Crippen LogP contribution >= 0.6 is 0 Å². The van der Waals surface area contributed by atoms with Crippen LogP contribution in [0.2, 0.25) is 0 Å². The Morgan fingerprint density at radius 2 is 1.29 bits per heavy atom. The van der Waals surface area contributed by atoms with Crippen molar-refractivity contribution in [3.63, 3.8) is 0 Å². The summed E-state index contributed by atoms with van der Waals surface area (Å²) < 4.78 is 0. The zero-order chi connectivity index (χ0) is 15.9. The Bertz CT molecular complexity index is 839. The molecule has 3 aromatic rings. The van der Waals surface area contributed by atoms with Gasteiger partial charge in [-0.05, 0) is 18.2 Å². The third-order valence-corrected chi connectivity index (χ3v) is 4.72. The highest BCUT2D eigenvalue weighted by Gasteiger charge is 2.24. The number of anilines is 4. The molecular formula is C18H16N6. The normalized spacial score (nSPS) is 15.5. The quantitative estimate of drug-likeness (QED) is 0.724. The second-order valence-corrected chi connectivity index (χ2v) is 6.03. The highest BCUT2D eigenvalue weighted by Crippen LogP contribution is 2.37. The first-order valence-corrected chi connectivity index (χ1v) is 8.13. The highest BCUT2D eigenvalue weighted by molar-refractivity contribution is 5.74. The lowest BCUT2D eigenvalue weighted by atomic mass is 10.2. The van der Waals surface area contributed by atoms with Crippen molar-refractivity contribution in [1.82, 2.24) is 19.9 Å². The monoisotopic (exact) mass is 316 g/mol. The van der Waals surface area contributed by atoms with Crippen molar-refractivity contribution in [2.45, 2.75) is 12.8 Å². The van der Waals surface area contributed by atoms with Crippen molar-refractivity contribution in [3.05, 3.63) is 60.7 Å². The van der Waals surface area contributed by atoms with Crippen LogP contribution in [0.15, 0.2) is 49.3 Å². The first-order chi connectivity index (χ1) is 11.9. The van der Waals surface area contributed by atoms with E-state index >= 15 is 0 Å². The van der Waals surface area contributed by atoms with Crippen LogP contribution in [0.4, 0.5) is 22.7 Å². The maximum atomic E-state index is 4.38. The first kappa shape index (κ1) is 13.4. The molecule has 0 fully saturated rings. The van der Waals surface area contributed by atoms with Gasteiger partial charge in [-0.15, -0.1) is 0 Å². The molecule has 118 valence electrons. The van der Waals surface area contributed by atoms with Gasteiger partial charge < -0.3 is 9.80 Å². The van der Waals surface area contributed by atoms with Crippen LogP contribution in [0.3, 0.4) is 0 Å². The number of benzene rings is 1. The molecule has 24 heavy (non-hydrogen) atoms. The molecule has 2 aromatic heterocycles. The second kappa shape index (κ2) is 5.26. The number of nitrogens with zero attached hydrogens (tertiary/aromatic N) is 6. The van der Waals surface area contributed by atoms with Crippen LogP contribution in [0.5, 0.6) is 0 Å². The largest absolute Gasteiger partial charge is 0.338 e. The molecule has 5 rings (SSSR count). The summed E-state index contributed by atoms with van der Waals surface area (Å²) in [5.41, 5.74) is 6.81. The van der Waals surface area contributed by atoms with E-state index in [0.29, 0.717) is 0 Å². The fourth-order valence-corrected chi connectivity index (χ4v) is 3.57. The standard InChI is InChI=1S/C18H16N6/c1-2-13(23-6-4-15-17(23)9-19-11-21-15)8-14(3-1)24-7-5-16-18(24)10-20-12-22-16/h1-3,8-12H,4-7H2. The van der Waals surface area contributed by atoms with E-state index in [-0.39, 0.29) is 0 Å². The molecule has 0 radical (unpaired) electrons. The zero-order valence-corrected chi connectivity index (χ0v) is 13.1. The van der Waals surface area contributed by atoms with Crippen LogP contribution in [0.1, 0.15) is 11.4 Å². The molecule has 6 nitrogen and oxygen atoms in total. The van der Waals surface area contributed by atoms with E-state index < -0.39 is 0 Å². The Kier molecular flexibility index (Phi) is 2.94. The topological polar surface area (TPSA) is 58.0 Å². The van der Waals surface area contributed by atoms with E-state index in [0.717, 1.165) is 48.7 Å².